The zero-order valence-electron chi connectivity index (χ0n) is 15.7. The van der Waals surface area contributed by atoms with Crippen LogP contribution in [0.1, 0.15) is 30.1 Å². The molecule has 0 radical (unpaired) electrons. The maximum Gasteiger partial charge on any atom is 0.245 e. The number of aromatic nitrogens is 3. The molecule has 7 nitrogen and oxygen atoms in total. The first kappa shape index (κ1) is 18.3. The molecule has 3 heterocycles. The third-order valence-corrected chi connectivity index (χ3v) is 5.54. The summed E-state index contributed by atoms with van der Waals surface area (Å²) in [5, 5.41) is 12.6. The minimum absolute atomic E-state index is 0.174. The van der Waals surface area contributed by atoms with Crippen LogP contribution in [-0.4, -0.2) is 63.9 Å². The fourth-order valence-corrected chi connectivity index (χ4v) is 4.13. The van der Waals surface area contributed by atoms with Crippen LogP contribution in [0, 0.1) is 0 Å². The first-order valence-electron chi connectivity index (χ1n) is 9.39. The topological polar surface area (TPSA) is 66.3 Å². The average molecular weight is 389 g/mol. The molecule has 144 valence electrons. The Bertz CT molecular complexity index is 827. The summed E-state index contributed by atoms with van der Waals surface area (Å²) >= 11 is 6.06. The van der Waals surface area contributed by atoms with Crippen molar-refractivity contribution in [3.63, 3.8) is 0 Å². The lowest BCUT2D eigenvalue weighted by atomic mass is 10.0. The zero-order valence-corrected chi connectivity index (χ0v) is 16.5. The Morgan fingerprint density at radius 2 is 2.11 bits per heavy atom. The largest absolute Gasteiger partial charge is 0.373 e. The van der Waals surface area contributed by atoms with Gasteiger partial charge in [-0.15, -0.1) is 5.10 Å². The molecule has 0 spiro atoms. The van der Waals surface area contributed by atoms with E-state index in [1.165, 1.54) is 0 Å². The summed E-state index contributed by atoms with van der Waals surface area (Å²) < 4.78 is 1.96. The van der Waals surface area contributed by atoms with E-state index >= 15 is 0 Å². The maximum absolute atomic E-state index is 12.9. The molecule has 8 heteroatoms. The third kappa shape index (κ3) is 3.94. The van der Waals surface area contributed by atoms with Crippen LogP contribution in [0.15, 0.2) is 24.4 Å². The van der Waals surface area contributed by atoms with Crippen molar-refractivity contribution < 1.29 is 4.79 Å². The summed E-state index contributed by atoms with van der Waals surface area (Å²) in [6.07, 6.45) is 4.54. The van der Waals surface area contributed by atoms with Crippen molar-refractivity contribution in [2.45, 2.75) is 37.9 Å². The van der Waals surface area contributed by atoms with Crippen LogP contribution in [0.25, 0.3) is 0 Å². The molecule has 0 unspecified atom stereocenters. The number of halogens is 1. The third-order valence-electron chi connectivity index (χ3n) is 5.31. The van der Waals surface area contributed by atoms with Gasteiger partial charge in [0.05, 0.1) is 17.9 Å². The van der Waals surface area contributed by atoms with Gasteiger partial charge in [0, 0.05) is 36.8 Å². The molecule has 1 fully saturated rings. The molecular formula is C19H25ClN6O. The summed E-state index contributed by atoms with van der Waals surface area (Å²) in [6.45, 7) is 2.29. The Morgan fingerprint density at radius 1 is 1.33 bits per heavy atom. The molecule has 1 saturated heterocycles. The number of hydrogen-bond acceptors (Lipinski definition) is 5. The van der Waals surface area contributed by atoms with E-state index in [9.17, 15) is 4.79 Å². The van der Waals surface area contributed by atoms with Gasteiger partial charge in [0.2, 0.25) is 5.91 Å². The van der Waals surface area contributed by atoms with E-state index in [0.29, 0.717) is 17.5 Å². The van der Waals surface area contributed by atoms with Crippen LogP contribution in [0.5, 0.6) is 0 Å². The fraction of sp³-hybridized carbons (Fsp3) is 0.526. The SMILES string of the molecule is CN(C)Cc1cn(C2CCN(C(=O)[C@H]3Cc4cc(Cl)ccc4N3)CC2)nn1. The number of carbonyl (C=O) groups is 1. The van der Waals surface area contributed by atoms with Gasteiger partial charge in [-0.25, -0.2) is 4.68 Å². The number of anilines is 1. The molecule has 1 aromatic carbocycles. The van der Waals surface area contributed by atoms with E-state index in [-0.39, 0.29) is 11.9 Å². The van der Waals surface area contributed by atoms with Crippen LogP contribution in [0.2, 0.25) is 5.02 Å². The number of rotatable bonds is 4. The van der Waals surface area contributed by atoms with Crippen LogP contribution in [0.3, 0.4) is 0 Å². The number of amides is 1. The van der Waals surface area contributed by atoms with Gasteiger partial charge in [0.1, 0.15) is 6.04 Å². The molecule has 1 atom stereocenters. The van der Waals surface area contributed by atoms with Gasteiger partial charge in [-0.05, 0) is 50.7 Å². The number of nitrogens with one attached hydrogen (secondary N) is 1. The van der Waals surface area contributed by atoms with E-state index in [1.54, 1.807) is 0 Å². The van der Waals surface area contributed by atoms with Crippen molar-refractivity contribution in [3.05, 3.63) is 40.7 Å². The van der Waals surface area contributed by atoms with Gasteiger partial charge in [0.15, 0.2) is 0 Å². The molecule has 0 bridgehead atoms. The van der Waals surface area contributed by atoms with E-state index in [1.807, 2.05) is 48.1 Å². The first-order valence-corrected chi connectivity index (χ1v) is 9.76. The van der Waals surface area contributed by atoms with Crippen molar-refractivity contribution in [3.8, 4) is 0 Å². The highest BCUT2D eigenvalue weighted by Crippen LogP contribution is 2.30. The second-order valence-electron chi connectivity index (χ2n) is 7.69. The summed E-state index contributed by atoms with van der Waals surface area (Å²) in [7, 11) is 4.04. The summed E-state index contributed by atoms with van der Waals surface area (Å²) in [5.74, 6) is 0.174. The van der Waals surface area contributed by atoms with Crippen molar-refractivity contribution in [2.24, 2.45) is 0 Å². The molecule has 1 N–H and O–H groups in total. The maximum atomic E-state index is 12.9. The molecule has 0 aliphatic carbocycles. The van der Waals surface area contributed by atoms with E-state index < -0.39 is 0 Å². The van der Waals surface area contributed by atoms with Gasteiger partial charge in [-0.1, -0.05) is 16.8 Å². The van der Waals surface area contributed by atoms with E-state index in [4.69, 9.17) is 11.6 Å². The van der Waals surface area contributed by atoms with Gasteiger partial charge in [-0.3, -0.25) is 4.79 Å². The molecule has 2 aliphatic rings. The Morgan fingerprint density at radius 3 is 2.85 bits per heavy atom. The molecular weight excluding hydrogens is 364 g/mol. The molecule has 4 rings (SSSR count). The Kier molecular flexibility index (Phi) is 5.06. The predicted molar refractivity (Wildman–Crippen MR) is 105 cm³/mol. The standard InChI is InChI=1S/C19H25ClN6O/c1-24(2)11-15-12-26(23-22-15)16-5-7-25(8-6-16)19(27)18-10-13-9-14(20)3-4-17(13)21-18/h3-4,9,12,16,18,21H,5-8,10-11H2,1-2H3/t18-/m1/s1. The highest BCUT2D eigenvalue weighted by molar-refractivity contribution is 6.30. The van der Waals surface area contributed by atoms with E-state index in [2.05, 4.69) is 20.5 Å². The highest BCUT2D eigenvalue weighted by atomic mass is 35.5. The Labute approximate surface area is 164 Å². The lowest BCUT2D eigenvalue weighted by Gasteiger charge is -2.33. The minimum Gasteiger partial charge on any atom is -0.373 e. The second-order valence-corrected chi connectivity index (χ2v) is 8.12. The van der Waals surface area contributed by atoms with Crippen LogP contribution in [0.4, 0.5) is 5.69 Å². The lowest BCUT2D eigenvalue weighted by Crippen LogP contribution is -2.46. The molecule has 1 amide bonds. The average Bonchev–Trinajstić information content (AvgIpc) is 3.27. The highest BCUT2D eigenvalue weighted by Gasteiger charge is 2.32. The number of likely N-dealkylation sites (tertiary alicyclic amines) is 1. The number of carbonyl (C=O) groups excluding carboxylic acids is 1. The molecule has 2 aliphatic heterocycles. The summed E-state index contributed by atoms with van der Waals surface area (Å²) in [5.41, 5.74) is 3.11. The fourth-order valence-electron chi connectivity index (χ4n) is 3.94. The van der Waals surface area contributed by atoms with Crippen LogP contribution >= 0.6 is 11.6 Å². The van der Waals surface area contributed by atoms with Crippen LogP contribution < -0.4 is 5.32 Å². The van der Waals surface area contributed by atoms with Gasteiger partial charge in [0.25, 0.3) is 0 Å². The number of benzene rings is 1. The van der Waals surface area contributed by atoms with Gasteiger partial charge in [-0.2, -0.15) is 0 Å². The summed E-state index contributed by atoms with van der Waals surface area (Å²) in [6, 6.07) is 5.87. The number of fused-ring (bicyclic) bond motifs is 1. The normalized spacial score (nSPS) is 20.0. The van der Waals surface area contributed by atoms with Crippen LogP contribution in [-0.2, 0) is 17.8 Å². The smallest absolute Gasteiger partial charge is 0.245 e. The Balaban J connectivity index is 1.33. The quantitative estimate of drug-likeness (QED) is 0.869. The molecule has 0 saturated carbocycles. The number of nitrogens with zero attached hydrogens (tertiary/aromatic N) is 5. The van der Waals surface area contributed by atoms with Crippen molar-refractivity contribution in [2.75, 3.05) is 32.5 Å². The lowest BCUT2D eigenvalue weighted by molar-refractivity contribution is -0.133. The second kappa shape index (κ2) is 7.48. The number of hydrogen-bond donors (Lipinski definition) is 1. The minimum atomic E-state index is -0.187. The molecule has 2 aromatic rings. The van der Waals surface area contributed by atoms with Crippen molar-refractivity contribution >= 4 is 23.2 Å². The number of piperidine rings is 1. The van der Waals surface area contributed by atoms with Gasteiger partial charge < -0.3 is 15.1 Å². The molecule has 27 heavy (non-hydrogen) atoms. The van der Waals surface area contributed by atoms with E-state index in [0.717, 1.165) is 49.4 Å². The first-order chi connectivity index (χ1) is 13.0. The monoisotopic (exact) mass is 388 g/mol. The Hall–Kier alpha value is -2.12. The van der Waals surface area contributed by atoms with Gasteiger partial charge >= 0.3 is 0 Å². The predicted octanol–water partition coefficient (Wildman–Crippen LogP) is 2.19. The van der Waals surface area contributed by atoms with Crippen molar-refractivity contribution in [1.29, 1.82) is 0 Å². The van der Waals surface area contributed by atoms with Crippen molar-refractivity contribution in [1.82, 2.24) is 24.8 Å². The zero-order chi connectivity index (χ0) is 19.0. The summed E-state index contributed by atoms with van der Waals surface area (Å²) in [4.78, 5) is 17.0. The molecule has 1 aromatic heterocycles.